The quantitative estimate of drug-likeness (QED) is 0.668. The predicted molar refractivity (Wildman–Crippen MR) is 72.1 cm³/mol. The molecule has 0 aromatic carbocycles. The highest BCUT2D eigenvalue weighted by Gasteiger charge is 2.17. The lowest BCUT2D eigenvalue weighted by Gasteiger charge is -2.21. The molecule has 1 atom stereocenters. The average molecular weight is 268 g/mol. The Bertz CT molecular complexity index is 546. The summed E-state index contributed by atoms with van der Waals surface area (Å²) in [4.78, 5) is 40.1. The fraction of sp³-hybridized carbons (Fsp3) is 0.583. The Balaban J connectivity index is 2.72. The van der Waals surface area contributed by atoms with Gasteiger partial charge in [-0.15, -0.1) is 0 Å². The monoisotopic (exact) mass is 268 g/mol. The second-order valence-corrected chi connectivity index (χ2v) is 4.91. The molecule has 1 heterocycles. The lowest BCUT2D eigenvalue weighted by molar-refractivity contribution is 0.0787. The van der Waals surface area contributed by atoms with Crippen LogP contribution in [0.4, 0.5) is 0 Å². The van der Waals surface area contributed by atoms with E-state index in [2.05, 4.69) is 4.98 Å². The summed E-state index contributed by atoms with van der Waals surface area (Å²) in [6.45, 7) is 4.48. The maximum Gasteiger partial charge on any atom is 0.325 e. The van der Waals surface area contributed by atoms with Crippen LogP contribution in [-0.4, -0.2) is 40.4 Å². The van der Waals surface area contributed by atoms with Gasteiger partial charge in [0, 0.05) is 25.8 Å². The van der Waals surface area contributed by atoms with Crippen molar-refractivity contribution in [2.24, 2.45) is 11.7 Å². The van der Waals surface area contributed by atoms with Crippen molar-refractivity contribution >= 4 is 5.91 Å². The molecule has 0 aliphatic rings. The zero-order valence-corrected chi connectivity index (χ0v) is 11.4. The van der Waals surface area contributed by atoms with Crippen molar-refractivity contribution in [3.05, 3.63) is 32.6 Å². The van der Waals surface area contributed by atoms with Crippen molar-refractivity contribution in [3.63, 3.8) is 0 Å². The van der Waals surface area contributed by atoms with Crippen LogP contribution < -0.4 is 17.0 Å². The number of amides is 1. The van der Waals surface area contributed by atoms with E-state index >= 15 is 0 Å². The standard InChI is InChI=1S/C12H20N4O3/c1-7(2)9(13)4-5-16(3)11(18)8-6-14-12(19)15-10(8)17/h6-7,9H,4-5,13H2,1-3H3,(H2,14,15,17,19). The van der Waals surface area contributed by atoms with Crippen molar-refractivity contribution in [1.82, 2.24) is 14.9 Å². The molecule has 0 radical (unpaired) electrons. The Morgan fingerprint density at radius 1 is 1.42 bits per heavy atom. The lowest BCUT2D eigenvalue weighted by Crippen LogP contribution is -2.38. The molecule has 0 spiro atoms. The Labute approximate surface area is 110 Å². The van der Waals surface area contributed by atoms with Crippen LogP contribution in [0.15, 0.2) is 15.8 Å². The Kier molecular flexibility index (Phi) is 5.05. The molecule has 0 aliphatic carbocycles. The van der Waals surface area contributed by atoms with Gasteiger partial charge in [0.05, 0.1) is 0 Å². The molecule has 0 aliphatic heterocycles. The number of aromatic amines is 2. The third-order valence-electron chi connectivity index (χ3n) is 3.05. The molecule has 106 valence electrons. The maximum atomic E-state index is 12.0. The number of hydrogen-bond acceptors (Lipinski definition) is 4. The molecule has 0 saturated carbocycles. The summed E-state index contributed by atoms with van der Waals surface area (Å²) in [5.74, 6) is -0.103. The number of nitrogens with two attached hydrogens (primary N) is 1. The number of hydrogen-bond donors (Lipinski definition) is 3. The number of carbonyl (C=O) groups excluding carboxylic acids is 1. The van der Waals surface area contributed by atoms with E-state index in [9.17, 15) is 14.4 Å². The van der Waals surface area contributed by atoms with Crippen molar-refractivity contribution in [2.75, 3.05) is 13.6 Å². The van der Waals surface area contributed by atoms with E-state index in [1.54, 1.807) is 7.05 Å². The van der Waals surface area contributed by atoms with Gasteiger partial charge in [-0.05, 0) is 12.3 Å². The number of aromatic nitrogens is 2. The molecule has 7 nitrogen and oxygen atoms in total. The van der Waals surface area contributed by atoms with Crippen LogP contribution in [0, 0.1) is 5.92 Å². The molecule has 0 fully saturated rings. The molecular formula is C12H20N4O3. The minimum atomic E-state index is -0.686. The van der Waals surface area contributed by atoms with E-state index < -0.39 is 17.2 Å². The van der Waals surface area contributed by atoms with Gasteiger partial charge in [-0.25, -0.2) is 4.79 Å². The first-order valence-electron chi connectivity index (χ1n) is 6.16. The first-order valence-corrected chi connectivity index (χ1v) is 6.16. The van der Waals surface area contributed by atoms with E-state index in [-0.39, 0.29) is 11.6 Å². The van der Waals surface area contributed by atoms with Crippen molar-refractivity contribution < 1.29 is 4.79 Å². The van der Waals surface area contributed by atoms with Gasteiger partial charge in [0.25, 0.3) is 11.5 Å². The molecule has 1 amide bonds. The highest BCUT2D eigenvalue weighted by Crippen LogP contribution is 2.04. The summed E-state index contributed by atoms with van der Waals surface area (Å²) in [6.07, 6.45) is 1.78. The topological polar surface area (TPSA) is 112 Å². The summed E-state index contributed by atoms with van der Waals surface area (Å²) < 4.78 is 0. The summed E-state index contributed by atoms with van der Waals surface area (Å²) in [6, 6.07) is 0.00381. The minimum absolute atomic E-state index is 0.00381. The summed E-state index contributed by atoms with van der Waals surface area (Å²) in [7, 11) is 1.60. The van der Waals surface area contributed by atoms with Crippen molar-refractivity contribution in [3.8, 4) is 0 Å². The van der Waals surface area contributed by atoms with Gasteiger partial charge >= 0.3 is 5.69 Å². The largest absolute Gasteiger partial charge is 0.341 e. The number of H-pyrrole nitrogens is 2. The van der Waals surface area contributed by atoms with E-state index in [1.807, 2.05) is 18.8 Å². The fourth-order valence-corrected chi connectivity index (χ4v) is 1.55. The maximum absolute atomic E-state index is 12.0. The first kappa shape index (κ1) is 15.2. The Morgan fingerprint density at radius 3 is 2.58 bits per heavy atom. The van der Waals surface area contributed by atoms with E-state index in [0.29, 0.717) is 18.9 Å². The highest BCUT2D eigenvalue weighted by atomic mass is 16.2. The molecule has 0 saturated heterocycles. The van der Waals surface area contributed by atoms with Gasteiger partial charge in [-0.2, -0.15) is 0 Å². The van der Waals surface area contributed by atoms with Gasteiger partial charge in [0.2, 0.25) is 0 Å². The molecule has 4 N–H and O–H groups in total. The van der Waals surface area contributed by atoms with Gasteiger partial charge < -0.3 is 15.6 Å². The molecular weight excluding hydrogens is 248 g/mol. The minimum Gasteiger partial charge on any atom is -0.341 e. The second kappa shape index (κ2) is 6.33. The fourth-order valence-electron chi connectivity index (χ4n) is 1.55. The lowest BCUT2D eigenvalue weighted by atomic mass is 10.0. The number of nitrogens with zero attached hydrogens (tertiary/aromatic N) is 1. The van der Waals surface area contributed by atoms with Crippen LogP contribution in [0.1, 0.15) is 30.6 Å². The second-order valence-electron chi connectivity index (χ2n) is 4.91. The van der Waals surface area contributed by atoms with Crippen molar-refractivity contribution in [2.45, 2.75) is 26.3 Å². The third kappa shape index (κ3) is 4.06. The molecule has 7 heteroatoms. The van der Waals surface area contributed by atoms with Crippen LogP contribution >= 0.6 is 0 Å². The Morgan fingerprint density at radius 2 is 2.05 bits per heavy atom. The molecule has 1 aromatic rings. The zero-order chi connectivity index (χ0) is 14.6. The number of nitrogens with one attached hydrogen (secondary N) is 2. The normalized spacial score (nSPS) is 12.5. The number of rotatable bonds is 5. The van der Waals surface area contributed by atoms with E-state index in [1.165, 1.54) is 4.90 Å². The van der Waals surface area contributed by atoms with Crippen molar-refractivity contribution in [1.29, 1.82) is 0 Å². The van der Waals surface area contributed by atoms with Crippen LogP contribution in [0.3, 0.4) is 0 Å². The predicted octanol–water partition coefficient (Wildman–Crippen LogP) is -0.491. The summed E-state index contributed by atoms with van der Waals surface area (Å²) >= 11 is 0. The molecule has 1 rings (SSSR count). The van der Waals surface area contributed by atoms with Gasteiger partial charge in [0.1, 0.15) is 5.56 Å². The average Bonchev–Trinajstić information content (AvgIpc) is 2.34. The molecule has 1 unspecified atom stereocenters. The first-order chi connectivity index (χ1) is 8.82. The van der Waals surface area contributed by atoms with E-state index in [0.717, 1.165) is 6.20 Å². The van der Waals surface area contributed by atoms with Crippen LogP contribution in [0.2, 0.25) is 0 Å². The third-order valence-corrected chi connectivity index (χ3v) is 3.05. The number of carbonyl (C=O) groups is 1. The summed E-state index contributed by atoms with van der Waals surface area (Å²) in [5, 5.41) is 0. The van der Waals surface area contributed by atoms with E-state index in [4.69, 9.17) is 5.73 Å². The smallest absolute Gasteiger partial charge is 0.325 e. The van der Waals surface area contributed by atoms with Crippen LogP contribution in [-0.2, 0) is 0 Å². The molecule has 19 heavy (non-hydrogen) atoms. The summed E-state index contributed by atoms with van der Waals surface area (Å²) in [5.41, 5.74) is 4.50. The highest BCUT2D eigenvalue weighted by molar-refractivity contribution is 5.93. The Hall–Kier alpha value is -1.89. The van der Waals surface area contributed by atoms with Gasteiger partial charge in [-0.1, -0.05) is 13.8 Å². The molecule has 0 bridgehead atoms. The van der Waals surface area contributed by atoms with Crippen LogP contribution in [0.25, 0.3) is 0 Å². The zero-order valence-electron chi connectivity index (χ0n) is 11.4. The SMILES string of the molecule is CC(C)C(N)CCN(C)C(=O)c1c[nH]c(=O)[nH]c1=O. The van der Waals surface area contributed by atoms with Crippen LogP contribution in [0.5, 0.6) is 0 Å². The van der Waals surface area contributed by atoms with Gasteiger partial charge in [-0.3, -0.25) is 14.6 Å². The molecule has 1 aromatic heterocycles. The van der Waals surface area contributed by atoms with Gasteiger partial charge in [0.15, 0.2) is 0 Å².